The van der Waals surface area contributed by atoms with Crippen molar-refractivity contribution < 1.29 is 9.47 Å². The van der Waals surface area contributed by atoms with E-state index >= 15 is 0 Å². The summed E-state index contributed by atoms with van der Waals surface area (Å²) in [5.41, 5.74) is 0. The first kappa shape index (κ1) is 8.27. The maximum absolute atomic E-state index is 5.64. The van der Waals surface area contributed by atoms with Crippen LogP contribution in [0, 0.1) is 5.92 Å². The molecule has 3 unspecified atom stereocenters. The van der Waals surface area contributed by atoms with Gasteiger partial charge in [0.05, 0.1) is 12.7 Å². The molecule has 12 heavy (non-hydrogen) atoms. The third kappa shape index (κ3) is 1.70. The molecule has 1 fully saturated rings. The molecule has 1 aliphatic heterocycles. The third-order valence-electron chi connectivity index (χ3n) is 2.56. The molecule has 1 saturated heterocycles. The summed E-state index contributed by atoms with van der Waals surface area (Å²) in [5.74, 6) is 0.597. The van der Waals surface area contributed by atoms with Crippen LogP contribution in [0.4, 0.5) is 0 Å². The number of hydrogen-bond acceptors (Lipinski definition) is 2. The van der Waals surface area contributed by atoms with Gasteiger partial charge >= 0.3 is 0 Å². The first-order valence-electron chi connectivity index (χ1n) is 4.78. The van der Waals surface area contributed by atoms with E-state index < -0.39 is 0 Å². The van der Waals surface area contributed by atoms with E-state index in [4.69, 9.17) is 9.47 Å². The first-order chi connectivity index (χ1) is 5.86. The van der Waals surface area contributed by atoms with Crippen molar-refractivity contribution in [3.05, 3.63) is 12.2 Å². The zero-order valence-corrected chi connectivity index (χ0v) is 7.53. The van der Waals surface area contributed by atoms with Gasteiger partial charge in [-0.3, -0.25) is 0 Å². The Labute approximate surface area is 73.5 Å². The minimum Gasteiger partial charge on any atom is -0.350 e. The van der Waals surface area contributed by atoms with Gasteiger partial charge in [0.25, 0.3) is 0 Å². The van der Waals surface area contributed by atoms with Crippen molar-refractivity contribution in [1.82, 2.24) is 0 Å². The van der Waals surface area contributed by atoms with E-state index in [0.29, 0.717) is 12.0 Å². The molecular formula is C10H16O2. The lowest BCUT2D eigenvalue weighted by Crippen LogP contribution is -2.22. The first-order valence-corrected chi connectivity index (χ1v) is 4.78. The molecule has 2 aliphatic rings. The molecule has 2 heteroatoms. The minimum absolute atomic E-state index is 0.0740. The van der Waals surface area contributed by atoms with Crippen LogP contribution in [0.15, 0.2) is 12.2 Å². The van der Waals surface area contributed by atoms with Crippen molar-refractivity contribution in [3.63, 3.8) is 0 Å². The summed E-state index contributed by atoms with van der Waals surface area (Å²) in [7, 11) is 0. The number of rotatable bonds is 1. The molecule has 68 valence electrons. The highest BCUT2D eigenvalue weighted by Gasteiger charge is 2.29. The smallest absolute Gasteiger partial charge is 0.161 e. The maximum atomic E-state index is 5.64. The second-order valence-electron chi connectivity index (χ2n) is 3.69. The van der Waals surface area contributed by atoms with E-state index in [0.717, 1.165) is 13.0 Å². The zero-order valence-electron chi connectivity index (χ0n) is 7.53. The van der Waals surface area contributed by atoms with E-state index in [1.807, 2.05) is 0 Å². The lowest BCUT2D eigenvalue weighted by Gasteiger charge is -2.22. The van der Waals surface area contributed by atoms with Crippen LogP contribution >= 0.6 is 0 Å². The standard InChI is InChI=1S/C10H16O2/c1-8-7-11-10(12-8)9-5-3-2-4-6-9/h2-3,8-10H,4-7H2,1H3. The summed E-state index contributed by atoms with van der Waals surface area (Å²) in [6, 6.07) is 0. The maximum Gasteiger partial charge on any atom is 0.161 e. The summed E-state index contributed by atoms with van der Waals surface area (Å²) in [4.78, 5) is 0. The van der Waals surface area contributed by atoms with Gasteiger partial charge in [0.2, 0.25) is 0 Å². The molecule has 3 atom stereocenters. The lowest BCUT2D eigenvalue weighted by molar-refractivity contribution is -0.0959. The number of allylic oxidation sites excluding steroid dienone is 2. The van der Waals surface area contributed by atoms with Crippen molar-refractivity contribution in [2.45, 2.75) is 38.6 Å². The highest BCUT2D eigenvalue weighted by Crippen LogP contribution is 2.28. The molecule has 0 N–H and O–H groups in total. The van der Waals surface area contributed by atoms with Crippen molar-refractivity contribution in [3.8, 4) is 0 Å². The summed E-state index contributed by atoms with van der Waals surface area (Å²) in [6.07, 6.45) is 8.37. The Bertz CT molecular complexity index is 177. The fourth-order valence-electron chi connectivity index (χ4n) is 1.85. The molecule has 1 aliphatic carbocycles. The van der Waals surface area contributed by atoms with Crippen LogP contribution in [0.5, 0.6) is 0 Å². The molecule has 2 nitrogen and oxygen atoms in total. The Morgan fingerprint density at radius 2 is 2.25 bits per heavy atom. The molecule has 0 radical (unpaired) electrons. The highest BCUT2D eigenvalue weighted by atomic mass is 16.7. The summed E-state index contributed by atoms with van der Waals surface area (Å²) >= 11 is 0. The fourth-order valence-corrected chi connectivity index (χ4v) is 1.85. The molecule has 1 heterocycles. The topological polar surface area (TPSA) is 18.5 Å². The Morgan fingerprint density at radius 1 is 1.33 bits per heavy atom. The quantitative estimate of drug-likeness (QED) is 0.558. The van der Waals surface area contributed by atoms with Gasteiger partial charge in [0.1, 0.15) is 0 Å². The van der Waals surface area contributed by atoms with Gasteiger partial charge in [-0.15, -0.1) is 0 Å². The minimum atomic E-state index is 0.0740. The average molecular weight is 168 g/mol. The second-order valence-corrected chi connectivity index (χ2v) is 3.69. The lowest BCUT2D eigenvalue weighted by atomic mass is 9.94. The van der Waals surface area contributed by atoms with Crippen molar-refractivity contribution in [1.29, 1.82) is 0 Å². The summed E-state index contributed by atoms with van der Waals surface area (Å²) in [6.45, 7) is 2.84. The fraction of sp³-hybridized carbons (Fsp3) is 0.800. The van der Waals surface area contributed by atoms with E-state index in [1.54, 1.807) is 0 Å². The van der Waals surface area contributed by atoms with E-state index in [-0.39, 0.29) is 6.29 Å². The van der Waals surface area contributed by atoms with Gasteiger partial charge in [-0.2, -0.15) is 0 Å². The Balaban J connectivity index is 1.88. The Kier molecular flexibility index (Phi) is 2.47. The zero-order chi connectivity index (χ0) is 8.39. The van der Waals surface area contributed by atoms with Gasteiger partial charge < -0.3 is 9.47 Å². The molecule has 0 aromatic rings. The van der Waals surface area contributed by atoms with Crippen molar-refractivity contribution in [2.24, 2.45) is 5.92 Å². The van der Waals surface area contributed by atoms with Gasteiger partial charge in [-0.25, -0.2) is 0 Å². The normalized spacial score (nSPS) is 41.9. The van der Waals surface area contributed by atoms with Crippen LogP contribution in [0.25, 0.3) is 0 Å². The Morgan fingerprint density at radius 3 is 2.83 bits per heavy atom. The molecule has 0 spiro atoms. The van der Waals surface area contributed by atoms with E-state index in [9.17, 15) is 0 Å². The monoisotopic (exact) mass is 168 g/mol. The number of hydrogen-bond donors (Lipinski definition) is 0. The second kappa shape index (κ2) is 3.58. The molecule has 2 rings (SSSR count). The summed E-state index contributed by atoms with van der Waals surface area (Å²) < 4.78 is 11.2. The largest absolute Gasteiger partial charge is 0.350 e. The van der Waals surface area contributed by atoms with E-state index in [2.05, 4.69) is 19.1 Å². The van der Waals surface area contributed by atoms with Crippen LogP contribution in [0.1, 0.15) is 26.2 Å². The van der Waals surface area contributed by atoms with Crippen LogP contribution in [-0.2, 0) is 9.47 Å². The Hall–Kier alpha value is -0.340. The number of ether oxygens (including phenoxy) is 2. The highest BCUT2D eigenvalue weighted by molar-refractivity contribution is 4.91. The van der Waals surface area contributed by atoms with Gasteiger partial charge in [-0.05, 0) is 26.2 Å². The van der Waals surface area contributed by atoms with Gasteiger partial charge in [-0.1, -0.05) is 12.2 Å². The van der Waals surface area contributed by atoms with Gasteiger partial charge in [0, 0.05) is 5.92 Å². The predicted octanol–water partition coefficient (Wildman–Crippen LogP) is 2.10. The summed E-state index contributed by atoms with van der Waals surface area (Å²) in [5, 5.41) is 0. The third-order valence-corrected chi connectivity index (χ3v) is 2.56. The average Bonchev–Trinajstić information content (AvgIpc) is 2.54. The van der Waals surface area contributed by atoms with Crippen LogP contribution in [0.3, 0.4) is 0 Å². The van der Waals surface area contributed by atoms with Crippen molar-refractivity contribution in [2.75, 3.05) is 6.61 Å². The van der Waals surface area contributed by atoms with E-state index in [1.165, 1.54) is 12.8 Å². The van der Waals surface area contributed by atoms with Crippen LogP contribution in [0.2, 0.25) is 0 Å². The predicted molar refractivity (Wildman–Crippen MR) is 46.8 cm³/mol. The molecule has 0 saturated carbocycles. The van der Waals surface area contributed by atoms with Crippen LogP contribution < -0.4 is 0 Å². The molecule has 0 aromatic carbocycles. The molecule has 0 bridgehead atoms. The molecular weight excluding hydrogens is 152 g/mol. The van der Waals surface area contributed by atoms with Gasteiger partial charge in [0.15, 0.2) is 6.29 Å². The van der Waals surface area contributed by atoms with Crippen LogP contribution in [-0.4, -0.2) is 19.0 Å². The molecule has 0 amide bonds. The van der Waals surface area contributed by atoms with Crippen molar-refractivity contribution >= 4 is 0 Å². The SMILES string of the molecule is CC1COC(C2CC=CCC2)O1. The molecule has 0 aromatic heterocycles.